The monoisotopic (exact) mass is 425 g/mol. The number of methoxy groups -OCH3 is 1. The Balaban J connectivity index is 1.64. The largest absolute Gasteiger partial charge is 0.497 e. The molecule has 0 saturated carbocycles. The van der Waals surface area contributed by atoms with Gasteiger partial charge in [-0.15, -0.1) is 0 Å². The summed E-state index contributed by atoms with van der Waals surface area (Å²) in [7, 11) is 1.49. The van der Waals surface area contributed by atoms with E-state index in [0.29, 0.717) is 5.75 Å². The van der Waals surface area contributed by atoms with Crippen molar-refractivity contribution in [2.75, 3.05) is 26.8 Å². The highest BCUT2D eigenvalue weighted by Gasteiger charge is 2.11. The van der Waals surface area contributed by atoms with Crippen LogP contribution in [-0.4, -0.2) is 54.8 Å². The number of aliphatic hydroxyl groups excluding tert-OH is 1. The smallest absolute Gasteiger partial charge is 0.270 e. The highest BCUT2D eigenvalue weighted by atomic mass is 35.5. The van der Waals surface area contributed by atoms with Gasteiger partial charge < -0.3 is 25.2 Å². The molecule has 1 heterocycles. The van der Waals surface area contributed by atoms with E-state index in [0.717, 1.165) is 6.07 Å². The molecule has 1 unspecified atom stereocenters. The van der Waals surface area contributed by atoms with E-state index in [-0.39, 0.29) is 42.6 Å². The fraction of sp³-hybridized carbons (Fsp3) is 0.316. The van der Waals surface area contributed by atoms with Gasteiger partial charge in [0.05, 0.1) is 18.2 Å². The molecule has 0 bridgehead atoms. The third-order valence-electron chi connectivity index (χ3n) is 3.76. The molecule has 0 aliphatic rings. The number of aromatic nitrogens is 1. The van der Waals surface area contributed by atoms with Crippen molar-refractivity contribution in [2.24, 2.45) is 0 Å². The first-order valence-electron chi connectivity index (χ1n) is 8.70. The van der Waals surface area contributed by atoms with Gasteiger partial charge in [0, 0.05) is 31.4 Å². The number of amides is 2. The van der Waals surface area contributed by atoms with Gasteiger partial charge in [-0.3, -0.25) is 14.6 Å². The van der Waals surface area contributed by atoms with Crippen LogP contribution in [-0.2, 0) is 4.79 Å². The van der Waals surface area contributed by atoms with Crippen LogP contribution in [0, 0.1) is 5.82 Å². The number of carbonyl (C=O) groups excluding carboxylic acids is 2. The summed E-state index contributed by atoms with van der Waals surface area (Å²) in [6.07, 6.45) is 0.809. The van der Waals surface area contributed by atoms with E-state index in [9.17, 15) is 19.1 Å². The average molecular weight is 426 g/mol. The number of nitrogens with zero attached hydrogens (tertiary/aromatic N) is 1. The fourth-order valence-corrected chi connectivity index (χ4v) is 2.32. The van der Waals surface area contributed by atoms with E-state index in [4.69, 9.17) is 21.1 Å². The molecule has 0 spiro atoms. The first-order chi connectivity index (χ1) is 13.9. The fourth-order valence-electron chi connectivity index (χ4n) is 2.21. The molecule has 2 rings (SSSR count). The number of pyridine rings is 1. The highest BCUT2D eigenvalue weighted by Crippen LogP contribution is 2.20. The Labute approximate surface area is 172 Å². The van der Waals surface area contributed by atoms with Crippen LogP contribution >= 0.6 is 11.6 Å². The zero-order valence-corrected chi connectivity index (χ0v) is 16.4. The Morgan fingerprint density at radius 2 is 2.03 bits per heavy atom. The van der Waals surface area contributed by atoms with E-state index in [1.807, 2.05) is 0 Å². The van der Waals surface area contributed by atoms with Crippen molar-refractivity contribution in [1.29, 1.82) is 0 Å². The molecule has 0 aliphatic carbocycles. The lowest BCUT2D eigenvalue weighted by molar-refractivity contribution is -0.123. The van der Waals surface area contributed by atoms with Gasteiger partial charge in [-0.1, -0.05) is 11.6 Å². The first-order valence-corrected chi connectivity index (χ1v) is 9.07. The van der Waals surface area contributed by atoms with Gasteiger partial charge in [-0.05, 0) is 24.6 Å². The molecule has 2 aromatic rings. The summed E-state index contributed by atoms with van der Waals surface area (Å²) < 4.78 is 23.5. The maximum Gasteiger partial charge on any atom is 0.270 e. The van der Waals surface area contributed by atoms with Gasteiger partial charge in [-0.2, -0.15) is 0 Å². The van der Waals surface area contributed by atoms with Crippen molar-refractivity contribution in [2.45, 2.75) is 12.5 Å². The van der Waals surface area contributed by atoms with Crippen molar-refractivity contribution >= 4 is 23.4 Å². The molecule has 8 nitrogen and oxygen atoms in total. The SMILES string of the molecule is COc1ccnc(C(=O)NCCC(O)CNC(=O)COc2ccc(Cl)c(F)c2)c1. The third kappa shape index (κ3) is 7.55. The first kappa shape index (κ1) is 22.4. The van der Waals surface area contributed by atoms with Gasteiger partial charge in [-0.25, -0.2) is 4.39 Å². The lowest BCUT2D eigenvalue weighted by atomic mass is 10.2. The maximum absolute atomic E-state index is 13.3. The molecule has 0 fully saturated rings. The average Bonchev–Trinajstić information content (AvgIpc) is 2.73. The van der Waals surface area contributed by atoms with Gasteiger partial charge in [0.1, 0.15) is 23.0 Å². The second kappa shape index (κ2) is 11.2. The van der Waals surface area contributed by atoms with Crippen LogP contribution in [0.15, 0.2) is 36.5 Å². The summed E-state index contributed by atoms with van der Waals surface area (Å²) in [6, 6.07) is 6.95. The van der Waals surface area contributed by atoms with Crippen LogP contribution in [0.3, 0.4) is 0 Å². The maximum atomic E-state index is 13.3. The number of nitrogens with one attached hydrogen (secondary N) is 2. The lowest BCUT2D eigenvalue weighted by Crippen LogP contribution is -2.37. The molecule has 156 valence electrons. The van der Waals surface area contributed by atoms with Gasteiger partial charge in [0.15, 0.2) is 6.61 Å². The molecule has 10 heteroatoms. The summed E-state index contributed by atoms with van der Waals surface area (Å²) in [5.41, 5.74) is 0.197. The molecule has 29 heavy (non-hydrogen) atoms. The van der Waals surface area contributed by atoms with Crippen molar-refractivity contribution in [3.8, 4) is 11.5 Å². The van der Waals surface area contributed by atoms with Gasteiger partial charge >= 0.3 is 0 Å². The van der Waals surface area contributed by atoms with Crippen LogP contribution in [0.5, 0.6) is 11.5 Å². The standard InChI is InChI=1S/C19H21ClFN3O5/c1-28-13-5-7-22-17(9-13)19(27)23-6-4-12(25)10-24-18(26)11-29-14-2-3-15(20)16(21)8-14/h2-3,5,7-9,12,25H,4,6,10-11H2,1H3,(H,23,27)(H,24,26). The van der Waals surface area contributed by atoms with Crippen LogP contribution in [0.1, 0.15) is 16.9 Å². The number of ether oxygens (including phenoxy) is 2. The van der Waals surface area contributed by atoms with Crippen LogP contribution in [0.2, 0.25) is 5.02 Å². The van der Waals surface area contributed by atoms with Gasteiger partial charge in [0.25, 0.3) is 11.8 Å². The zero-order valence-electron chi connectivity index (χ0n) is 15.7. The Kier molecular flexibility index (Phi) is 8.63. The second-order valence-corrected chi connectivity index (χ2v) is 6.36. The molecule has 1 aromatic carbocycles. The molecule has 3 N–H and O–H groups in total. The Bertz CT molecular complexity index is 852. The van der Waals surface area contributed by atoms with E-state index < -0.39 is 23.7 Å². The second-order valence-electron chi connectivity index (χ2n) is 5.95. The van der Waals surface area contributed by atoms with E-state index >= 15 is 0 Å². The molecule has 0 aliphatic heterocycles. The minimum absolute atomic E-state index is 0.0234. The zero-order chi connectivity index (χ0) is 21.2. The third-order valence-corrected chi connectivity index (χ3v) is 4.07. The van der Waals surface area contributed by atoms with Crippen molar-refractivity contribution in [3.05, 3.63) is 53.1 Å². The van der Waals surface area contributed by atoms with E-state index in [1.165, 1.54) is 31.5 Å². The summed E-state index contributed by atoms with van der Waals surface area (Å²) in [5, 5.41) is 15.0. The summed E-state index contributed by atoms with van der Waals surface area (Å²) in [4.78, 5) is 27.7. The van der Waals surface area contributed by atoms with Crippen LogP contribution in [0.25, 0.3) is 0 Å². The van der Waals surface area contributed by atoms with E-state index in [2.05, 4.69) is 15.6 Å². The number of carbonyl (C=O) groups is 2. The topological polar surface area (TPSA) is 110 Å². The van der Waals surface area contributed by atoms with E-state index in [1.54, 1.807) is 6.07 Å². The Morgan fingerprint density at radius 3 is 2.76 bits per heavy atom. The number of aliphatic hydroxyl groups is 1. The summed E-state index contributed by atoms with van der Waals surface area (Å²) in [5.74, 6) is -0.855. The minimum atomic E-state index is -0.870. The number of hydrogen-bond donors (Lipinski definition) is 3. The molecular formula is C19H21ClFN3O5. The molecule has 0 radical (unpaired) electrons. The Hall–Kier alpha value is -2.91. The molecule has 2 amide bonds. The summed E-state index contributed by atoms with van der Waals surface area (Å²) >= 11 is 5.56. The molecule has 1 aromatic heterocycles. The number of hydrogen-bond acceptors (Lipinski definition) is 6. The highest BCUT2D eigenvalue weighted by molar-refractivity contribution is 6.30. The van der Waals surface area contributed by atoms with Crippen molar-refractivity contribution < 1.29 is 28.6 Å². The lowest BCUT2D eigenvalue weighted by Gasteiger charge is -2.13. The van der Waals surface area contributed by atoms with Crippen molar-refractivity contribution in [3.63, 3.8) is 0 Å². The Morgan fingerprint density at radius 1 is 1.24 bits per heavy atom. The predicted octanol–water partition coefficient (Wildman–Crippen LogP) is 1.56. The van der Waals surface area contributed by atoms with Crippen LogP contribution in [0.4, 0.5) is 4.39 Å². The predicted molar refractivity (Wildman–Crippen MR) is 104 cm³/mol. The molecular weight excluding hydrogens is 405 g/mol. The van der Waals surface area contributed by atoms with Gasteiger partial charge in [0.2, 0.25) is 0 Å². The van der Waals surface area contributed by atoms with Crippen molar-refractivity contribution in [1.82, 2.24) is 15.6 Å². The molecule has 0 saturated heterocycles. The normalized spacial score (nSPS) is 11.4. The summed E-state index contributed by atoms with van der Waals surface area (Å²) in [6.45, 7) is -0.175. The quantitative estimate of drug-likeness (QED) is 0.533. The molecule has 1 atom stereocenters. The minimum Gasteiger partial charge on any atom is -0.497 e. The number of benzene rings is 1. The number of rotatable bonds is 10. The number of halogens is 2. The van der Waals surface area contributed by atoms with Crippen LogP contribution < -0.4 is 20.1 Å².